The molecule has 160 valence electrons. The fourth-order valence-corrected chi connectivity index (χ4v) is 3.77. The minimum atomic E-state index is -2.25. The van der Waals surface area contributed by atoms with Gasteiger partial charge >= 0.3 is 12.1 Å². The van der Waals surface area contributed by atoms with Crippen molar-refractivity contribution in [2.75, 3.05) is 0 Å². The van der Waals surface area contributed by atoms with Crippen LogP contribution in [0.4, 0.5) is 4.79 Å². The SMILES string of the molecule is CC[C@H](C)[C@H](NC(=O)OC(C)(C)C)[C@@H](O[Si](C)(C)C(C)(C)C)[C@@H](C)C(=O)O. The lowest BCUT2D eigenvalue weighted by Crippen LogP contribution is -2.57. The Hall–Kier alpha value is -1.08. The molecular formula is C20H41NO5Si. The molecule has 0 aromatic heterocycles. The number of amides is 1. The number of rotatable bonds is 8. The van der Waals surface area contributed by atoms with E-state index in [1.165, 1.54) is 0 Å². The number of carbonyl (C=O) groups is 2. The summed E-state index contributed by atoms with van der Waals surface area (Å²) in [6.45, 7) is 21.6. The van der Waals surface area contributed by atoms with Gasteiger partial charge in [0.25, 0.3) is 0 Å². The molecule has 0 rings (SSSR count). The van der Waals surface area contributed by atoms with E-state index in [1.807, 2.05) is 13.8 Å². The van der Waals surface area contributed by atoms with Crippen molar-refractivity contribution >= 4 is 20.4 Å². The second kappa shape index (κ2) is 9.41. The second-order valence-corrected chi connectivity index (χ2v) is 14.8. The molecule has 0 aliphatic rings. The van der Waals surface area contributed by atoms with Crippen LogP contribution in [0.3, 0.4) is 0 Å². The van der Waals surface area contributed by atoms with E-state index in [2.05, 4.69) is 39.2 Å². The Morgan fingerprint density at radius 1 is 1.07 bits per heavy atom. The first-order chi connectivity index (χ1) is 11.9. The molecule has 0 aliphatic carbocycles. The van der Waals surface area contributed by atoms with Gasteiger partial charge < -0.3 is 19.6 Å². The predicted molar refractivity (Wildman–Crippen MR) is 111 cm³/mol. The number of alkyl carbamates (subject to hydrolysis) is 1. The molecule has 6 nitrogen and oxygen atoms in total. The van der Waals surface area contributed by atoms with Crippen molar-refractivity contribution in [2.24, 2.45) is 11.8 Å². The maximum Gasteiger partial charge on any atom is 0.407 e. The third-order valence-electron chi connectivity index (χ3n) is 5.41. The van der Waals surface area contributed by atoms with Crippen LogP contribution in [-0.4, -0.2) is 43.2 Å². The van der Waals surface area contributed by atoms with Crippen LogP contribution in [-0.2, 0) is 14.0 Å². The summed E-state index contributed by atoms with van der Waals surface area (Å²) < 4.78 is 11.9. The fraction of sp³-hybridized carbons (Fsp3) is 0.900. The van der Waals surface area contributed by atoms with Crippen LogP contribution in [0.25, 0.3) is 0 Å². The summed E-state index contributed by atoms with van der Waals surface area (Å²) in [5, 5.41) is 12.5. The quantitative estimate of drug-likeness (QED) is 0.555. The molecule has 0 aromatic rings. The van der Waals surface area contributed by atoms with Crippen molar-refractivity contribution in [3.8, 4) is 0 Å². The molecular weight excluding hydrogens is 362 g/mol. The van der Waals surface area contributed by atoms with Crippen molar-refractivity contribution in [2.45, 2.75) is 105 Å². The number of carboxylic acids is 1. The second-order valence-electron chi connectivity index (χ2n) is 10.0. The van der Waals surface area contributed by atoms with E-state index in [0.717, 1.165) is 6.42 Å². The first-order valence-corrected chi connectivity index (χ1v) is 12.7. The van der Waals surface area contributed by atoms with Gasteiger partial charge in [-0.25, -0.2) is 4.79 Å². The van der Waals surface area contributed by atoms with Crippen LogP contribution in [0.5, 0.6) is 0 Å². The molecule has 0 spiro atoms. The predicted octanol–water partition coefficient (Wildman–Crippen LogP) is 5.04. The average molecular weight is 404 g/mol. The van der Waals surface area contributed by atoms with Crippen LogP contribution in [0.15, 0.2) is 0 Å². The number of aliphatic carboxylic acids is 1. The summed E-state index contributed by atoms with van der Waals surface area (Å²) in [5.74, 6) is -1.65. The van der Waals surface area contributed by atoms with Crippen molar-refractivity contribution in [3.05, 3.63) is 0 Å². The van der Waals surface area contributed by atoms with E-state index in [0.29, 0.717) is 0 Å². The van der Waals surface area contributed by atoms with Crippen LogP contribution >= 0.6 is 0 Å². The monoisotopic (exact) mass is 403 g/mol. The van der Waals surface area contributed by atoms with E-state index < -0.39 is 44.0 Å². The third-order valence-corrected chi connectivity index (χ3v) is 9.89. The van der Waals surface area contributed by atoms with Crippen molar-refractivity contribution in [1.82, 2.24) is 5.32 Å². The molecule has 7 heteroatoms. The van der Waals surface area contributed by atoms with E-state index in [4.69, 9.17) is 9.16 Å². The van der Waals surface area contributed by atoms with Gasteiger partial charge in [-0.3, -0.25) is 4.79 Å². The highest BCUT2D eigenvalue weighted by Crippen LogP contribution is 2.39. The number of carboxylic acid groups (broad SMARTS) is 1. The summed E-state index contributed by atoms with van der Waals surface area (Å²) in [6.07, 6.45) is -0.399. The number of carbonyl (C=O) groups excluding carboxylic acids is 1. The van der Waals surface area contributed by atoms with Gasteiger partial charge in [0.15, 0.2) is 8.32 Å². The molecule has 0 saturated carbocycles. The van der Waals surface area contributed by atoms with Gasteiger partial charge in [0.1, 0.15) is 5.60 Å². The molecule has 0 aliphatic heterocycles. The van der Waals surface area contributed by atoms with Gasteiger partial charge in [0.05, 0.1) is 18.1 Å². The minimum absolute atomic E-state index is 0.0362. The van der Waals surface area contributed by atoms with Gasteiger partial charge in [-0.1, -0.05) is 41.0 Å². The Morgan fingerprint density at radius 3 is 1.89 bits per heavy atom. The van der Waals surface area contributed by atoms with Gasteiger partial charge in [-0.05, 0) is 51.7 Å². The molecule has 27 heavy (non-hydrogen) atoms. The Bertz CT molecular complexity index is 507. The average Bonchev–Trinajstić information content (AvgIpc) is 2.46. The molecule has 4 atom stereocenters. The Morgan fingerprint density at radius 2 is 1.56 bits per heavy atom. The highest BCUT2D eigenvalue weighted by molar-refractivity contribution is 6.74. The number of hydrogen-bond acceptors (Lipinski definition) is 4. The summed E-state index contributed by atoms with van der Waals surface area (Å²) in [4.78, 5) is 24.2. The first-order valence-electron chi connectivity index (χ1n) is 9.83. The lowest BCUT2D eigenvalue weighted by molar-refractivity contribution is -0.145. The lowest BCUT2D eigenvalue weighted by atomic mass is 9.88. The minimum Gasteiger partial charge on any atom is -0.481 e. The number of ether oxygens (including phenoxy) is 1. The molecule has 0 heterocycles. The maximum absolute atomic E-state index is 12.4. The van der Waals surface area contributed by atoms with Gasteiger partial charge in [-0.15, -0.1) is 0 Å². The number of nitrogens with one attached hydrogen (secondary N) is 1. The molecule has 0 bridgehead atoms. The number of hydrogen-bond donors (Lipinski definition) is 2. The zero-order valence-electron chi connectivity index (χ0n) is 19.1. The molecule has 2 N–H and O–H groups in total. The standard InChI is InChI=1S/C20H41NO5Si/c1-12-13(2)15(21-18(24)25-19(4,5)6)16(14(3)17(22)23)26-27(10,11)20(7,8)9/h13-16H,12H2,1-11H3,(H,21,24)(H,22,23)/t13-,14+,15-,16-/m0/s1. The Kier molecular flexibility index (Phi) is 9.03. The molecule has 0 unspecified atom stereocenters. The van der Waals surface area contributed by atoms with Gasteiger partial charge in [-0.2, -0.15) is 0 Å². The smallest absolute Gasteiger partial charge is 0.407 e. The van der Waals surface area contributed by atoms with Crippen molar-refractivity contribution in [1.29, 1.82) is 0 Å². The fourth-order valence-electron chi connectivity index (χ4n) is 2.39. The van der Waals surface area contributed by atoms with Crippen molar-refractivity contribution < 1.29 is 23.9 Å². The lowest BCUT2D eigenvalue weighted by Gasteiger charge is -2.44. The van der Waals surface area contributed by atoms with Gasteiger partial charge in [0, 0.05) is 0 Å². The zero-order valence-corrected chi connectivity index (χ0v) is 20.1. The van der Waals surface area contributed by atoms with Crippen LogP contribution < -0.4 is 5.32 Å². The largest absolute Gasteiger partial charge is 0.481 e. The maximum atomic E-state index is 12.4. The topological polar surface area (TPSA) is 84.9 Å². The Balaban J connectivity index is 5.86. The van der Waals surface area contributed by atoms with Gasteiger partial charge in [0.2, 0.25) is 0 Å². The summed E-state index contributed by atoms with van der Waals surface area (Å²) >= 11 is 0. The van der Waals surface area contributed by atoms with E-state index in [1.54, 1.807) is 27.7 Å². The van der Waals surface area contributed by atoms with Crippen LogP contribution in [0, 0.1) is 11.8 Å². The first kappa shape index (κ1) is 25.9. The zero-order chi connectivity index (χ0) is 21.8. The van der Waals surface area contributed by atoms with E-state index in [9.17, 15) is 14.7 Å². The Labute approximate surface area is 166 Å². The van der Waals surface area contributed by atoms with Crippen molar-refractivity contribution in [3.63, 3.8) is 0 Å². The third kappa shape index (κ3) is 8.21. The normalized spacial score (nSPS) is 17.6. The van der Waals surface area contributed by atoms with E-state index >= 15 is 0 Å². The highest BCUT2D eigenvalue weighted by atomic mass is 28.4. The molecule has 1 amide bonds. The van der Waals surface area contributed by atoms with Crippen LogP contribution in [0.1, 0.15) is 68.7 Å². The van der Waals surface area contributed by atoms with E-state index in [-0.39, 0.29) is 11.0 Å². The molecule has 0 fully saturated rings. The summed E-state index contributed by atoms with van der Waals surface area (Å²) in [7, 11) is -2.25. The molecule has 0 aromatic carbocycles. The summed E-state index contributed by atoms with van der Waals surface area (Å²) in [5.41, 5.74) is -0.627. The van der Waals surface area contributed by atoms with Crippen LogP contribution in [0.2, 0.25) is 18.1 Å². The molecule has 0 radical (unpaired) electrons. The highest BCUT2D eigenvalue weighted by Gasteiger charge is 2.45. The summed E-state index contributed by atoms with van der Waals surface area (Å²) in [6, 6.07) is -0.454. The molecule has 0 saturated heterocycles.